The second kappa shape index (κ2) is 6.22. The third-order valence-electron chi connectivity index (χ3n) is 4.55. The number of aromatic amines is 1. The van der Waals surface area contributed by atoms with Gasteiger partial charge in [0, 0.05) is 0 Å². The number of allylic oxidation sites excluding steroid dienone is 1. The van der Waals surface area contributed by atoms with Gasteiger partial charge in [0.1, 0.15) is 5.60 Å². The van der Waals surface area contributed by atoms with E-state index in [0.717, 1.165) is 0 Å². The maximum Gasteiger partial charge on any atom is 0.336 e. The molecule has 1 amide bonds. The quantitative estimate of drug-likeness (QED) is 0.594. The highest BCUT2D eigenvalue weighted by molar-refractivity contribution is 5.80. The van der Waals surface area contributed by atoms with Crippen LogP contribution in [0, 0.1) is 23.6 Å². The molecule has 0 spiro atoms. The number of rotatable bonds is 2. The van der Waals surface area contributed by atoms with Gasteiger partial charge < -0.3 is 10.1 Å². The molecular formula is C17H20FN3O5. The van der Waals surface area contributed by atoms with Gasteiger partial charge in [0.05, 0.1) is 18.2 Å². The van der Waals surface area contributed by atoms with Crippen LogP contribution in [0.1, 0.15) is 27.2 Å². The zero-order valence-corrected chi connectivity index (χ0v) is 14.6. The Hall–Kier alpha value is -2.71. The van der Waals surface area contributed by atoms with Crippen molar-refractivity contribution in [3.8, 4) is 0 Å². The van der Waals surface area contributed by atoms with Crippen LogP contribution in [0.5, 0.6) is 0 Å². The zero-order chi connectivity index (χ0) is 19.2. The molecule has 2 aliphatic rings. The van der Waals surface area contributed by atoms with Gasteiger partial charge in [-0.1, -0.05) is 12.2 Å². The maximum absolute atomic E-state index is 13.4. The van der Waals surface area contributed by atoms with Crippen LogP contribution >= 0.6 is 0 Å². The first-order valence-corrected chi connectivity index (χ1v) is 8.30. The number of fused-ring (bicyclic) bond motifs is 2. The topological polar surface area (TPSA) is 110 Å². The summed E-state index contributed by atoms with van der Waals surface area (Å²) < 4.78 is 19.3. The summed E-state index contributed by atoms with van der Waals surface area (Å²) in [6.07, 6.45) is 5.05. The van der Waals surface area contributed by atoms with Crippen molar-refractivity contribution in [2.75, 3.05) is 0 Å². The van der Waals surface area contributed by atoms with E-state index in [1.54, 1.807) is 25.8 Å². The number of H-pyrrole nitrogens is 1. The SMILES string of the molecule is CC(C)(C)OC(=O)C1C2C=CC(C2)C1NC(=O)n1cc(F)c(=O)[nH]c1=O. The van der Waals surface area contributed by atoms with Crippen LogP contribution in [-0.2, 0) is 9.53 Å². The maximum atomic E-state index is 13.4. The molecule has 1 fully saturated rings. The Morgan fingerprint density at radius 2 is 1.92 bits per heavy atom. The van der Waals surface area contributed by atoms with E-state index in [4.69, 9.17) is 4.74 Å². The second-order valence-electron chi connectivity index (χ2n) is 7.59. The van der Waals surface area contributed by atoms with E-state index >= 15 is 0 Å². The van der Waals surface area contributed by atoms with Gasteiger partial charge in [0.25, 0.3) is 5.56 Å². The summed E-state index contributed by atoms with van der Waals surface area (Å²) in [5.74, 6) is -2.42. The highest BCUT2D eigenvalue weighted by Crippen LogP contribution is 2.44. The molecule has 4 unspecified atom stereocenters. The molecule has 4 atom stereocenters. The predicted molar refractivity (Wildman–Crippen MR) is 89.1 cm³/mol. The van der Waals surface area contributed by atoms with Crippen LogP contribution in [0.2, 0.25) is 0 Å². The molecule has 0 aromatic carbocycles. The number of hydrogen-bond acceptors (Lipinski definition) is 5. The molecule has 8 nitrogen and oxygen atoms in total. The van der Waals surface area contributed by atoms with Crippen molar-refractivity contribution in [2.24, 2.45) is 17.8 Å². The molecule has 26 heavy (non-hydrogen) atoms. The van der Waals surface area contributed by atoms with Crippen molar-refractivity contribution < 1.29 is 18.7 Å². The molecule has 0 aliphatic heterocycles. The van der Waals surface area contributed by atoms with E-state index in [0.29, 0.717) is 17.2 Å². The lowest BCUT2D eigenvalue weighted by atomic mass is 9.88. The standard InChI is InChI=1S/C17H20FN3O5/c1-17(2,3)26-14(23)11-8-4-5-9(6-8)12(11)19-15(24)21-7-10(18)13(22)20-16(21)25/h4-5,7-9,11-12H,6H2,1-3H3,(H,19,24)(H,20,22,25). The molecule has 1 saturated carbocycles. The van der Waals surface area contributed by atoms with E-state index in [2.05, 4.69) is 5.32 Å². The number of esters is 1. The van der Waals surface area contributed by atoms with Crippen LogP contribution in [-0.4, -0.2) is 33.2 Å². The van der Waals surface area contributed by atoms with E-state index < -0.39 is 46.6 Å². The predicted octanol–water partition coefficient (Wildman–Crippen LogP) is 0.766. The van der Waals surface area contributed by atoms with Gasteiger partial charge in [-0.3, -0.25) is 14.6 Å². The van der Waals surface area contributed by atoms with Crippen LogP contribution in [0.15, 0.2) is 27.9 Å². The number of ether oxygens (including phenoxy) is 1. The van der Waals surface area contributed by atoms with Crippen molar-refractivity contribution in [1.82, 2.24) is 14.9 Å². The van der Waals surface area contributed by atoms with Crippen molar-refractivity contribution >= 4 is 12.0 Å². The first-order valence-electron chi connectivity index (χ1n) is 8.30. The molecular weight excluding hydrogens is 345 g/mol. The van der Waals surface area contributed by atoms with Gasteiger partial charge >= 0.3 is 17.7 Å². The average molecular weight is 365 g/mol. The molecule has 2 aliphatic carbocycles. The summed E-state index contributed by atoms with van der Waals surface area (Å²) in [6.45, 7) is 5.26. The summed E-state index contributed by atoms with van der Waals surface area (Å²) >= 11 is 0. The molecule has 0 radical (unpaired) electrons. The number of carbonyl (C=O) groups is 2. The smallest absolute Gasteiger partial charge is 0.336 e. The first kappa shape index (κ1) is 18.1. The van der Waals surface area contributed by atoms with Crippen LogP contribution < -0.4 is 16.6 Å². The Kier molecular flexibility index (Phi) is 4.33. The van der Waals surface area contributed by atoms with Gasteiger partial charge in [-0.05, 0) is 39.0 Å². The monoisotopic (exact) mass is 365 g/mol. The molecule has 2 bridgehead atoms. The summed E-state index contributed by atoms with van der Waals surface area (Å²) in [6, 6.07) is -1.49. The highest BCUT2D eigenvalue weighted by atomic mass is 19.1. The number of carbonyl (C=O) groups excluding carboxylic acids is 2. The molecule has 140 valence electrons. The normalized spacial score (nSPS) is 26.8. The van der Waals surface area contributed by atoms with Gasteiger partial charge in [0.15, 0.2) is 0 Å². The molecule has 9 heteroatoms. The minimum atomic E-state index is -1.25. The van der Waals surface area contributed by atoms with Crippen LogP contribution in [0.3, 0.4) is 0 Å². The molecule has 1 aromatic heterocycles. The number of hydrogen-bond donors (Lipinski definition) is 2. The molecule has 2 N–H and O–H groups in total. The summed E-state index contributed by atoms with van der Waals surface area (Å²) in [5.41, 5.74) is -2.93. The molecule has 1 aromatic rings. The fraction of sp³-hybridized carbons (Fsp3) is 0.529. The Labute approximate surface area is 148 Å². The van der Waals surface area contributed by atoms with E-state index in [1.165, 1.54) is 0 Å². The highest BCUT2D eigenvalue weighted by Gasteiger charge is 2.50. The number of halogens is 1. The van der Waals surface area contributed by atoms with Crippen LogP contribution in [0.25, 0.3) is 0 Å². The number of amides is 1. The number of nitrogens with one attached hydrogen (secondary N) is 2. The zero-order valence-electron chi connectivity index (χ0n) is 14.6. The third kappa shape index (κ3) is 3.33. The summed E-state index contributed by atoms with van der Waals surface area (Å²) in [5, 5.41) is 2.61. The van der Waals surface area contributed by atoms with Gasteiger partial charge in [-0.15, -0.1) is 0 Å². The largest absolute Gasteiger partial charge is 0.460 e. The van der Waals surface area contributed by atoms with Crippen LogP contribution in [0.4, 0.5) is 9.18 Å². The fourth-order valence-electron chi connectivity index (χ4n) is 3.52. The molecule has 0 saturated heterocycles. The van der Waals surface area contributed by atoms with Gasteiger partial charge in [-0.2, -0.15) is 4.39 Å². The van der Waals surface area contributed by atoms with Gasteiger partial charge in [0.2, 0.25) is 5.82 Å². The lowest BCUT2D eigenvalue weighted by Crippen LogP contribution is -2.50. The average Bonchev–Trinajstić information content (AvgIpc) is 3.10. The van der Waals surface area contributed by atoms with Crippen molar-refractivity contribution in [2.45, 2.75) is 38.8 Å². The lowest BCUT2D eigenvalue weighted by molar-refractivity contribution is -0.161. The van der Waals surface area contributed by atoms with E-state index in [1.807, 2.05) is 12.2 Å². The van der Waals surface area contributed by atoms with Crippen molar-refractivity contribution in [1.29, 1.82) is 0 Å². The number of nitrogens with zero attached hydrogens (tertiary/aromatic N) is 1. The summed E-state index contributed by atoms with van der Waals surface area (Å²) in [7, 11) is 0. The van der Waals surface area contributed by atoms with Crippen molar-refractivity contribution in [3.05, 3.63) is 45.0 Å². The first-order chi connectivity index (χ1) is 12.1. The minimum Gasteiger partial charge on any atom is -0.460 e. The van der Waals surface area contributed by atoms with E-state index in [-0.39, 0.29) is 11.8 Å². The lowest BCUT2D eigenvalue weighted by Gasteiger charge is -2.30. The Bertz CT molecular complexity index is 895. The second-order valence-corrected chi connectivity index (χ2v) is 7.59. The minimum absolute atomic E-state index is 0.0656. The molecule has 3 rings (SSSR count). The Balaban J connectivity index is 1.84. The molecule has 1 heterocycles. The Morgan fingerprint density at radius 1 is 1.27 bits per heavy atom. The number of aromatic nitrogens is 2. The fourth-order valence-corrected chi connectivity index (χ4v) is 3.52. The van der Waals surface area contributed by atoms with E-state index in [9.17, 15) is 23.6 Å². The van der Waals surface area contributed by atoms with Gasteiger partial charge in [-0.25, -0.2) is 14.2 Å². The van der Waals surface area contributed by atoms with Crippen molar-refractivity contribution in [3.63, 3.8) is 0 Å². The summed E-state index contributed by atoms with van der Waals surface area (Å²) in [4.78, 5) is 49.5. The third-order valence-corrected chi connectivity index (χ3v) is 4.55. The Morgan fingerprint density at radius 3 is 2.58 bits per heavy atom.